The molecule has 3 N–H and O–H groups in total. The number of carbonyl (C=O) groups is 1. The maximum atomic E-state index is 12.1. The van der Waals surface area contributed by atoms with Crippen molar-refractivity contribution in [3.05, 3.63) is 36.5 Å². The van der Waals surface area contributed by atoms with Crippen LogP contribution in [0.3, 0.4) is 0 Å². The van der Waals surface area contributed by atoms with Crippen molar-refractivity contribution in [2.45, 2.75) is 17.9 Å². The zero-order valence-electron chi connectivity index (χ0n) is 17.1. The van der Waals surface area contributed by atoms with Gasteiger partial charge in [-0.1, -0.05) is 0 Å². The summed E-state index contributed by atoms with van der Waals surface area (Å²) in [5.74, 6) is 0.583. The van der Waals surface area contributed by atoms with Crippen molar-refractivity contribution in [3.8, 4) is 5.75 Å². The van der Waals surface area contributed by atoms with Crippen molar-refractivity contribution in [3.63, 3.8) is 0 Å². The molecule has 0 saturated carbocycles. The van der Waals surface area contributed by atoms with E-state index >= 15 is 0 Å². The lowest BCUT2D eigenvalue weighted by Crippen LogP contribution is -2.30. The Hall–Kier alpha value is -3.60. The Bertz CT molecular complexity index is 1290. The highest BCUT2D eigenvalue weighted by Crippen LogP contribution is 2.32. The number of rotatable bonds is 5. The predicted octanol–water partition coefficient (Wildman–Crippen LogP) is 2.71. The third-order valence-corrected chi connectivity index (χ3v) is 6.04. The lowest BCUT2D eigenvalue weighted by molar-refractivity contribution is 0.179. The van der Waals surface area contributed by atoms with Crippen LogP contribution < -0.4 is 20.7 Å². The Balaban J connectivity index is 1.72. The van der Waals surface area contributed by atoms with Gasteiger partial charge < -0.3 is 20.5 Å². The Morgan fingerprint density at radius 3 is 2.71 bits per heavy atom. The van der Waals surface area contributed by atoms with Crippen LogP contribution in [0.15, 0.2) is 41.4 Å². The number of methoxy groups -OCH3 is 1. The SMILES string of the molecule is COc1cc(S(C)(=O)=O)ccc1Nc1ncc2c(N)cc(N3C(=O)OC[C@H]3C)cc2n1. The van der Waals surface area contributed by atoms with Gasteiger partial charge in [0.05, 0.1) is 34.9 Å². The number of anilines is 4. The molecule has 3 aromatic rings. The molecule has 10 nitrogen and oxygen atoms in total. The van der Waals surface area contributed by atoms with E-state index in [1.54, 1.807) is 24.4 Å². The molecule has 0 aliphatic carbocycles. The van der Waals surface area contributed by atoms with E-state index in [2.05, 4.69) is 15.3 Å². The Labute approximate surface area is 178 Å². The summed E-state index contributed by atoms with van der Waals surface area (Å²) in [4.78, 5) is 22.5. The molecule has 2 aromatic carbocycles. The van der Waals surface area contributed by atoms with Crippen LogP contribution in [0.1, 0.15) is 6.92 Å². The van der Waals surface area contributed by atoms with Gasteiger partial charge in [0, 0.05) is 29.6 Å². The molecular weight excluding hydrogens is 422 g/mol. The lowest BCUT2D eigenvalue weighted by atomic mass is 10.1. The van der Waals surface area contributed by atoms with Crippen molar-refractivity contribution in [1.29, 1.82) is 0 Å². The maximum absolute atomic E-state index is 12.1. The van der Waals surface area contributed by atoms with Crippen molar-refractivity contribution in [2.24, 2.45) is 0 Å². The van der Waals surface area contributed by atoms with Crippen molar-refractivity contribution in [1.82, 2.24) is 9.97 Å². The molecule has 1 atom stereocenters. The standard InChI is InChI=1S/C20H21N5O5S/c1-11-10-30-20(26)25(11)12-6-15(21)14-9-22-19(24-17(14)7-12)23-16-5-4-13(31(3,27)28)8-18(16)29-2/h4-9,11H,10,21H2,1-3H3,(H,22,23,24)/t11-/m1/s1. The van der Waals surface area contributed by atoms with Gasteiger partial charge in [0.1, 0.15) is 12.4 Å². The molecule has 0 radical (unpaired) electrons. The molecule has 11 heteroatoms. The predicted molar refractivity (Wildman–Crippen MR) is 117 cm³/mol. The number of benzene rings is 2. The second-order valence-electron chi connectivity index (χ2n) is 7.22. The van der Waals surface area contributed by atoms with Crippen LogP contribution in [-0.4, -0.2) is 50.5 Å². The molecular formula is C20H21N5O5S. The average Bonchev–Trinajstić information content (AvgIpc) is 3.05. The Morgan fingerprint density at radius 2 is 2.06 bits per heavy atom. The van der Waals surface area contributed by atoms with Gasteiger partial charge in [0.25, 0.3) is 0 Å². The summed E-state index contributed by atoms with van der Waals surface area (Å²) < 4.78 is 34.0. The number of amides is 1. The topological polar surface area (TPSA) is 137 Å². The highest BCUT2D eigenvalue weighted by molar-refractivity contribution is 7.90. The number of fused-ring (bicyclic) bond motifs is 1. The normalized spacial score (nSPS) is 16.4. The largest absolute Gasteiger partial charge is 0.495 e. The number of nitrogens with one attached hydrogen (secondary N) is 1. The first-order valence-corrected chi connectivity index (χ1v) is 11.2. The summed E-state index contributed by atoms with van der Waals surface area (Å²) in [6, 6.07) is 7.78. The number of hydrogen-bond acceptors (Lipinski definition) is 9. The molecule has 2 heterocycles. The minimum Gasteiger partial charge on any atom is -0.495 e. The molecule has 162 valence electrons. The Morgan fingerprint density at radius 1 is 1.29 bits per heavy atom. The van der Waals surface area contributed by atoms with E-state index in [0.717, 1.165) is 6.26 Å². The van der Waals surface area contributed by atoms with E-state index in [1.165, 1.54) is 24.1 Å². The quantitative estimate of drug-likeness (QED) is 0.570. The fourth-order valence-corrected chi connectivity index (χ4v) is 3.98. The molecule has 1 amide bonds. The van der Waals surface area contributed by atoms with Gasteiger partial charge in [-0.05, 0) is 31.2 Å². The van der Waals surface area contributed by atoms with E-state index in [0.29, 0.717) is 40.3 Å². The molecule has 0 bridgehead atoms. The molecule has 1 fully saturated rings. The van der Waals surface area contributed by atoms with Gasteiger partial charge in [-0.25, -0.2) is 23.2 Å². The summed E-state index contributed by atoms with van der Waals surface area (Å²) in [5.41, 5.74) is 8.21. The third-order valence-electron chi connectivity index (χ3n) is 4.93. The summed E-state index contributed by atoms with van der Waals surface area (Å²) in [7, 11) is -1.93. The average molecular weight is 443 g/mol. The van der Waals surface area contributed by atoms with E-state index in [1.807, 2.05) is 6.92 Å². The maximum Gasteiger partial charge on any atom is 0.414 e. The molecule has 1 saturated heterocycles. The molecule has 0 spiro atoms. The smallest absolute Gasteiger partial charge is 0.414 e. The summed E-state index contributed by atoms with van der Waals surface area (Å²) in [6.45, 7) is 2.18. The van der Waals surface area contributed by atoms with Gasteiger partial charge in [-0.2, -0.15) is 0 Å². The van der Waals surface area contributed by atoms with Crippen molar-refractivity contribution >= 4 is 49.8 Å². The van der Waals surface area contributed by atoms with Crippen LogP contribution in [0.25, 0.3) is 10.9 Å². The minimum absolute atomic E-state index is 0.124. The van der Waals surface area contributed by atoms with Crippen LogP contribution >= 0.6 is 0 Å². The highest BCUT2D eigenvalue weighted by Gasteiger charge is 2.31. The van der Waals surface area contributed by atoms with Crippen LogP contribution in [0.5, 0.6) is 5.75 Å². The number of nitrogen functional groups attached to an aromatic ring is 1. The van der Waals surface area contributed by atoms with Gasteiger partial charge >= 0.3 is 6.09 Å². The Kier molecular flexibility index (Phi) is 5.05. The summed E-state index contributed by atoms with van der Waals surface area (Å²) in [6.07, 6.45) is 2.27. The molecule has 1 aromatic heterocycles. The third kappa shape index (κ3) is 3.91. The minimum atomic E-state index is -3.38. The number of aromatic nitrogens is 2. The fraction of sp³-hybridized carbons (Fsp3) is 0.250. The first-order chi connectivity index (χ1) is 14.7. The first-order valence-electron chi connectivity index (χ1n) is 9.35. The summed E-state index contributed by atoms with van der Waals surface area (Å²) in [5, 5.41) is 3.67. The van der Waals surface area contributed by atoms with Crippen LogP contribution in [0.4, 0.5) is 27.8 Å². The van der Waals surface area contributed by atoms with E-state index in [9.17, 15) is 13.2 Å². The van der Waals surface area contributed by atoms with Gasteiger partial charge in [-0.15, -0.1) is 0 Å². The van der Waals surface area contributed by atoms with Crippen LogP contribution in [0, 0.1) is 0 Å². The number of carbonyl (C=O) groups excluding carboxylic acids is 1. The van der Waals surface area contributed by atoms with Crippen LogP contribution in [-0.2, 0) is 14.6 Å². The summed E-state index contributed by atoms with van der Waals surface area (Å²) >= 11 is 0. The first kappa shape index (κ1) is 20.7. The molecule has 4 rings (SSSR count). The van der Waals surface area contributed by atoms with E-state index in [-0.39, 0.29) is 16.9 Å². The number of nitrogens with two attached hydrogens (primary N) is 1. The van der Waals surface area contributed by atoms with E-state index in [4.69, 9.17) is 15.2 Å². The number of cyclic esters (lactones) is 1. The molecule has 1 aliphatic rings. The fourth-order valence-electron chi connectivity index (χ4n) is 3.35. The van der Waals surface area contributed by atoms with Crippen molar-refractivity contribution in [2.75, 3.05) is 35.9 Å². The second kappa shape index (κ2) is 7.58. The van der Waals surface area contributed by atoms with Gasteiger partial charge in [-0.3, -0.25) is 4.90 Å². The number of sulfone groups is 1. The van der Waals surface area contributed by atoms with Crippen LogP contribution in [0.2, 0.25) is 0 Å². The zero-order valence-corrected chi connectivity index (χ0v) is 17.9. The number of nitrogens with zero attached hydrogens (tertiary/aromatic N) is 3. The van der Waals surface area contributed by atoms with Gasteiger partial charge in [0.2, 0.25) is 5.95 Å². The molecule has 0 unspecified atom stereocenters. The monoisotopic (exact) mass is 443 g/mol. The van der Waals surface area contributed by atoms with E-state index < -0.39 is 15.9 Å². The zero-order chi connectivity index (χ0) is 22.3. The second-order valence-corrected chi connectivity index (χ2v) is 9.23. The lowest BCUT2D eigenvalue weighted by Gasteiger charge is -2.19. The number of hydrogen-bond donors (Lipinski definition) is 2. The highest BCUT2D eigenvalue weighted by atomic mass is 32.2. The number of ether oxygens (including phenoxy) is 2. The van der Waals surface area contributed by atoms with Crippen molar-refractivity contribution < 1.29 is 22.7 Å². The molecule has 31 heavy (non-hydrogen) atoms. The molecule has 1 aliphatic heterocycles. The van der Waals surface area contributed by atoms with Gasteiger partial charge in [0.15, 0.2) is 9.84 Å².